The number of allylic oxidation sites excluding steroid dienone is 8. The van der Waals surface area contributed by atoms with E-state index >= 15 is 0 Å². The molecule has 2 aliphatic carbocycles. The molecule has 0 atom stereocenters. The fourth-order valence-electron chi connectivity index (χ4n) is 0.733. The maximum atomic E-state index is 2.99. The van der Waals surface area contributed by atoms with Gasteiger partial charge in [0, 0.05) is 0 Å². The molecule has 0 heterocycles. The molecule has 0 nitrogen and oxygen atoms in total. The zero-order valence-electron chi connectivity index (χ0n) is 9.46. The first-order valence-corrected chi connectivity index (χ1v) is 3.53. The molecule has 64 valence electrons. The van der Waals surface area contributed by atoms with E-state index in [2.05, 4.69) is 36.5 Å². The molecule has 0 N–H and O–H groups in total. The van der Waals surface area contributed by atoms with Crippen LogP contribution in [0.5, 0.6) is 0 Å². The van der Waals surface area contributed by atoms with Gasteiger partial charge in [0.15, 0.2) is 0 Å². The smallest absolute Gasteiger partial charge is 1.00 e. The average Bonchev–Trinajstić information content (AvgIpc) is 2.67. The first kappa shape index (κ1) is 14.4. The molecular formula is C11H16Zr. The van der Waals surface area contributed by atoms with Crippen LogP contribution in [0.1, 0.15) is 15.7 Å². The van der Waals surface area contributed by atoms with Gasteiger partial charge in [0.2, 0.25) is 0 Å². The summed E-state index contributed by atoms with van der Waals surface area (Å²) in [5, 5.41) is 0. The van der Waals surface area contributed by atoms with E-state index in [0.717, 1.165) is 12.8 Å². The second-order valence-electron chi connectivity index (χ2n) is 2.10. The first-order chi connectivity index (χ1) is 5.00. The molecule has 0 amide bonds. The zero-order chi connectivity index (χ0) is 7.07. The Hall–Kier alpha value is -0.157. The van der Waals surface area contributed by atoms with Gasteiger partial charge >= 0.3 is 26.2 Å². The van der Waals surface area contributed by atoms with E-state index in [1.54, 1.807) is 0 Å². The average molecular weight is 239 g/mol. The number of hydrogen-bond acceptors (Lipinski definition) is 0. The zero-order valence-corrected chi connectivity index (χ0v) is 9.91. The monoisotopic (exact) mass is 238 g/mol. The van der Waals surface area contributed by atoms with Gasteiger partial charge in [-0.1, -0.05) is 24.3 Å². The first-order valence-electron chi connectivity index (χ1n) is 3.53. The summed E-state index contributed by atoms with van der Waals surface area (Å²) in [7, 11) is 0. The van der Waals surface area contributed by atoms with Crippen LogP contribution in [0.3, 0.4) is 0 Å². The van der Waals surface area contributed by atoms with Crippen LogP contribution in [0.4, 0.5) is 0 Å². The van der Waals surface area contributed by atoms with Crippen molar-refractivity contribution < 1.29 is 29.1 Å². The molecule has 0 aliphatic heterocycles. The third-order valence-electron chi connectivity index (χ3n) is 1.24. The Morgan fingerprint density at radius 2 is 1.67 bits per heavy atom. The van der Waals surface area contributed by atoms with Gasteiger partial charge in [-0.25, -0.2) is 12.2 Å². The largest absolute Gasteiger partial charge is 4.00 e. The summed E-state index contributed by atoms with van der Waals surface area (Å²) < 4.78 is 0. The molecule has 0 spiro atoms. The van der Waals surface area contributed by atoms with Crippen LogP contribution < -0.4 is 0 Å². The molecule has 0 unspecified atom stereocenters. The summed E-state index contributed by atoms with van der Waals surface area (Å²) in [5.74, 6) is 0. The Morgan fingerprint density at radius 1 is 1.00 bits per heavy atom. The Bertz CT molecular complexity index is 151. The second-order valence-corrected chi connectivity index (χ2v) is 2.10. The van der Waals surface area contributed by atoms with Gasteiger partial charge in [-0.3, -0.25) is 6.08 Å². The fraction of sp³-hybridized carbons (Fsp3) is 0.182. The van der Waals surface area contributed by atoms with Crippen molar-refractivity contribution in [1.82, 2.24) is 0 Å². The van der Waals surface area contributed by atoms with Crippen LogP contribution in [0, 0.1) is 13.5 Å². The molecule has 0 saturated heterocycles. The molecular weight excluding hydrogens is 223 g/mol. The Labute approximate surface area is 97.8 Å². The number of hydrogen-bond donors (Lipinski definition) is 0. The van der Waals surface area contributed by atoms with Gasteiger partial charge in [0.25, 0.3) is 0 Å². The summed E-state index contributed by atoms with van der Waals surface area (Å²) in [6, 6.07) is 0. The maximum absolute atomic E-state index is 2.99. The summed E-state index contributed by atoms with van der Waals surface area (Å²) in [4.78, 5) is 0. The van der Waals surface area contributed by atoms with E-state index in [1.807, 2.05) is 12.2 Å². The van der Waals surface area contributed by atoms with Crippen molar-refractivity contribution >= 4 is 0 Å². The van der Waals surface area contributed by atoms with Crippen molar-refractivity contribution in [1.29, 1.82) is 0 Å². The van der Waals surface area contributed by atoms with Crippen LogP contribution >= 0.6 is 0 Å². The summed E-state index contributed by atoms with van der Waals surface area (Å²) in [6.07, 6.45) is 19.5. The van der Waals surface area contributed by atoms with Gasteiger partial charge < -0.3 is 10.3 Å². The predicted octanol–water partition coefficient (Wildman–Crippen LogP) is 3.48. The standard InChI is InChI=1S/C5H6.C5H5.CH3.Zr.2H/c2*1-2-4-5-3-1;;;;/h1-4H,5H2;1-3H,4H2;1H3;;;/q;2*-1;+4;2*-1. The SMILES string of the molecule is C1=CCC=C1.[C-]1=CC=CC1.[CH3-].[H-].[H-].[Zr+4]. The van der Waals surface area contributed by atoms with E-state index in [9.17, 15) is 0 Å². The summed E-state index contributed by atoms with van der Waals surface area (Å²) in [6.45, 7) is 0. The van der Waals surface area contributed by atoms with Gasteiger partial charge in [0.05, 0.1) is 0 Å². The van der Waals surface area contributed by atoms with Gasteiger partial charge in [-0.15, -0.1) is 6.42 Å². The summed E-state index contributed by atoms with van der Waals surface area (Å²) >= 11 is 0. The molecule has 0 bridgehead atoms. The van der Waals surface area contributed by atoms with Gasteiger partial charge in [-0.05, 0) is 6.42 Å². The van der Waals surface area contributed by atoms with Crippen LogP contribution in [0.25, 0.3) is 0 Å². The molecule has 0 aromatic carbocycles. The fourth-order valence-corrected chi connectivity index (χ4v) is 0.733. The van der Waals surface area contributed by atoms with Crippen molar-refractivity contribution in [2.24, 2.45) is 0 Å². The van der Waals surface area contributed by atoms with Crippen molar-refractivity contribution in [2.45, 2.75) is 12.8 Å². The minimum Gasteiger partial charge on any atom is -1.00 e. The third kappa shape index (κ3) is 7.94. The van der Waals surface area contributed by atoms with E-state index < -0.39 is 0 Å². The molecule has 12 heavy (non-hydrogen) atoms. The van der Waals surface area contributed by atoms with Crippen LogP contribution in [-0.2, 0) is 26.2 Å². The molecule has 0 aromatic heterocycles. The molecule has 2 aliphatic rings. The molecule has 0 radical (unpaired) electrons. The van der Waals surface area contributed by atoms with Crippen LogP contribution in [0.2, 0.25) is 0 Å². The predicted molar refractivity (Wildman–Crippen MR) is 53.1 cm³/mol. The van der Waals surface area contributed by atoms with Crippen molar-refractivity contribution in [3.8, 4) is 0 Å². The minimum atomic E-state index is 0. The molecule has 1 heteroatoms. The molecule has 0 fully saturated rings. The van der Waals surface area contributed by atoms with E-state index in [1.165, 1.54) is 0 Å². The van der Waals surface area contributed by atoms with Crippen molar-refractivity contribution in [3.63, 3.8) is 0 Å². The van der Waals surface area contributed by atoms with E-state index in [4.69, 9.17) is 0 Å². The topological polar surface area (TPSA) is 0 Å². The Morgan fingerprint density at radius 3 is 1.83 bits per heavy atom. The van der Waals surface area contributed by atoms with E-state index in [0.29, 0.717) is 0 Å². The molecule has 0 saturated carbocycles. The van der Waals surface area contributed by atoms with Gasteiger partial charge in [0.1, 0.15) is 0 Å². The van der Waals surface area contributed by atoms with Crippen molar-refractivity contribution in [2.75, 3.05) is 0 Å². The minimum absolute atomic E-state index is 0. The maximum Gasteiger partial charge on any atom is 4.00 e. The quantitative estimate of drug-likeness (QED) is 0.568. The Balaban J connectivity index is -0.0000000556. The third-order valence-corrected chi connectivity index (χ3v) is 1.24. The van der Waals surface area contributed by atoms with Crippen LogP contribution in [-0.4, -0.2) is 0 Å². The van der Waals surface area contributed by atoms with E-state index in [-0.39, 0.29) is 36.5 Å². The van der Waals surface area contributed by atoms with Crippen molar-refractivity contribution in [3.05, 3.63) is 56.0 Å². The second kappa shape index (κ2) is 10.8. The molecule has 2 rings (SSSR count). The van der Waals surface area contributed by atoms with Gasteiger partial charge in [-0.2, -0.15) is 6.08 Å². The number of rotatable bonds is 0. The normalized spacial score (nSPS) is 14.7. The molecule has 0 aromatic rings. The summed E-state index contributed by atoms with van der Waals surface area (Å²) in [5.41, 5.74) is 0. The Kier molecular flexibility index (Phi) is 13.0. The van der Waals surface area contributed by atoms with Crippen LogP contribution in [0.15, 0.2) is 42.5 Å².